The van der Waals surface area contributed by atoms with E-state index in [1.165, 1.54) is 6.07 Å². The zero-order valence-electron chi connectivity index (χ0n) is 25.8. The summed E-state index contributed by atoms with van der Waals surface area (Å²) in [7, 11) is 1.62. The highest BCUT2D eigenvalue weighted by atomic mass is 19.1. The Bertz CT molecular complexity index is 1870. The van der Waals surface area contributed by atoms with Crippen molar-refractivity contribution in [1.82, 2.24) is 24.9 Å². The molecule has 3 heterocycles. The van der Waals surface area contributed by atoms with Crippen LogP contribution in [-0.2, 0) is 22.6 Å². The van der Waals surface area contributed by atoms with Gasteiger partial charge in [0.05, 0.1) is 13.2 Å². The molecule has 232 valence electrons. The maximum atomic E-state index is 14.1. The molecule has 2 N–H and O–H groups in total. The SMILES string of the molecule is COc1ccccc1CN(C[C@@H](Cc1c[nH]c2ccccc12)N(C(C)=O)N1CC=C(c2c[nH]c3ccc(F)cc23)CC1)C(C)=O. The molecule has 0 radical (unpaired) electrons. The van der Waals surface area contributed by atoms with E-state index < -0.39 is 0 Å². The second-order valence-electron chi connectivity index (χ2n) is 11.6. The van der Waals surface area contributed by atoms with Gasteiger partial charge in [-0.3, -0.25) is 14.6 Å². The number of para-hydroxylation sites is 2. The quantitative estimate of drug-likeness (QED) is 0.195. The van der Waals surface area contributed by atoms with E-state index in [0.29, 0.717) is 44.8 Å². The van der Waals surface area contributed by atoms with Crippen LogP contribution in [0.5, 0.6) is 5.75 Å². The Kier molecular flexibility index (Phi) is 8.71. The third kappa shape index (κ3) is 6.35. The number of benzene rings is 3. The number of ether oxygens (including phenoxy) is 1. The maximum Gasteiger partial charge on any atom is 0.234 e. The van der Waals surface area contributed by atoms with Crippen molar-refractivity contribution in [3.63, 3.8) is 0 Å². The van der Waals surface area contributed by atoms with Gasteiger partial charge < -0.3 is 19.6 Å². The standard InChI is InChI=1S/C36H38FN5O3/c1-24(43)40(22-27-8-4-7-11-36(27)45-3)23-30(18-28-20-38-34-10-6-5-9-31(28)34)42(25(2)44)41-16-14-26(15-17-41)33-21-39-35-13-12-29(37)19-32(33)35/h4-14,19-21,30,38-39H,15-18,22-23H2,1-3H3/t30-/m1/s1. The van der Waals surface area contributed by atoms with Crippen LogP contribution in [-0.4, -0.2) is 69.5 Å². The van der Waals surface area contributed by atoms with Gasteiger partial charge in [0.2, 0.25) is 11.8 Å². The highest BCUT2D eigenvalue weighted by Gasteiger charge is 2.32. The number of fused-ring (bicyclic) bond motifs is 2. The van der Waals surface area contributed by atoms with E-state index in [-0.39, 0.29) is 23.7 Å². The Labute approximate surface area is 262 Å². The Morgan fingerprint density at radius 1 is 0.933 bits per heavy atom. The number of carbonyl (C=O) groups is 2. The van der Waals surface area contributed by atoms with Gasteiger partial charge >= 0.3 is 0 Å². The second-order valence-corrected chi connectivity index (χ2v) is 11.6. The van der Waals surface area contributed by atoms with Crippen LogP contribution in [0.15, 0.2) is 85.2 Å². The van der Waals surface area contributed by atoms with Crippen LogP contribution in [0.4, 0.5) is 4.39 Å². The van der Waals surface area contributed by atoms with Crippen molar-refractivity contribution in [3.05, 3.63) is 108 Å². The van der Waals surface area contributed by atoms with Crippen LogP contribution < -0.4 is 4.74 Å². The first-order valence-electron chi connectivity index (χ1n) is 15.3. The number of rotatable bonds is 10. The minimum atomic E-state index is -0.336. The van der Waals surface area contributed by atoms with Gasteiger partial charge in [0.1, 0.15) is 11.6 Å². The normalized spacial score (nSPS) is 14.4. The van der Waals surface area contributed by atoms with Gasteiger partial charge in [0, 0.05) is 85.4 Å². The Balaban J connectivity index is 1.32. The van der Waals surface area contributed by atoms with Gasteiger partial charge in [0.15, 0.2) is 0 Å². The summed E-state index contributed by atoms with van der Waals surface area (Å²) in [6, 6.07) is 20.2. The summed E-state index contributed by atoms with van der Waals surface area (Å²) in [5.74, 6) is 0.269. The molecular weight excluding hydrogens is 569 g/mol. The number of hydrogen-bond acceptors (Lipinski definition) is 4. The number of methoxy groups -OCH3 is 1. The lowest BCUT2D eigenvalue weighted by atomic mass is 9.99. The number of halogens is 1. The first-order valence-corrected chi connectivity index (χ1v) is 15.3. The molecule has 0 saturated heterocycles. The van der Waals surface area contributed by atoms with Gasteiger partial charge in [-0.05, 0) is 54.3 Å². The third-order valence-corrected chi connectivity index (χ3v) is 8.71. The number of aromatic amines is 2. The summed E-state index contributed by atoms with van der Waals surface area (Å²) in [5.41, 5.74) is 5.99. The van der Waals surface area contributed by atoms with Gasteiger partial charge in [-0.25, -0.2) is 9.40 Å². The molecule has 0 fully saturated rings. The molecular formula is C36H38FN5O3. The van der Waals surface area contributed by atoms with E-state index in [4.69, 9.17) is 4.74 Å². The zero-order chi connectivity index (χ0) is 31.5. The Morgan fingerprint density at radius 3 is 2.44 bits per heavy atom. The van der Waals surface area contributed by atoms with Gasteiger partial charge in [0.25, 0.3) is 0 Å². The molecule has 1 aliphatic heterocycles. The number of hydrazine groups is 1. The maximum absolute atomic E-state index is 14.1. The number of nitrogens with zero attached hydrogens (tertiary/aromatic N) is 3. The van der Waals surface area contributed by atoms with Crippen LogP contribution in [0.2, 0.25) is 0 Å². The minimum Gasteiger partial charge on any atom is -0.496 e. The average molecular weight is 608 g/mol. The number of nitrogens with one attached hydrogen (secondary N) is 2. The molecule has 1 aliphatic rings. The largest absolute Gasteiger partial charge is 0.496 e. The van der Waals surface area contributed by atoms with Crippen molar-refractivity contribution in [1.29, 1.82) is 0 Å². The van der Waals surface area contributed by atoms with Crippen LogP contribution in [0.25, 0.3) is 27.4 Å². The van der Waals surface area contributed by atoms with Crippen LogP contribution >= 0.6 is 0 Å². The number of aromatic nitrogens is 2. The second kappa shape index (κ2) is 13.0. The Morgan fingerprint density at radius 2 is 1.69 bits per heavy atom. The molecule has 0 aliphatic carbocycles. The molecule has 0 bridgehead atoms. The molecule has 3 aromatic carbocycles. The monoisotopic (exact) mass is 607 g/mol. The van der Waals surface area contributed by atoms with E-state index >= 15 is 0 Å². The average Bonchev–Trinajstić information content (AvgIpc) is 3.65. The van der Waals surface area contributed by atoms with E-state index in [2.05, 4.69) is 27.1 Å². The van der Waals surface area contributed by atoms with Gasteiger partial charge in [-0.1, -0.05) is 42.5 Å². The van der Waals surface area contributed by atoms with Crippen molar-refractivity contribution in [3.8, 4) is 5.75 Å². The summed E-state index contributed by atoms with van der Waals surface area (Å²) in [4.78, 5) is 35.0. The summed E-state index contributed by atoms with van der Waals surface area (Å²) >= 11 is 0. The lowest BCUT2D eigenvalue weighted by Crippen LogP contribution is -2.57. The molecule has 8 nitrogen and oxygen atoms in total. The first-order chi connectivity index (χ1) is 21.8. The molecule has 0 saturated carbocycles. The highest BCUT2D eigenvalue weighted by molar-refractivity contribution is 5.93. The first kappa shape index (κ1) is 30.1. The van der Waals surface area contributed by atoms with Gasteiger partial charge in [-0.2, -0.15) is 0 Å². The topological polar surface area (TPSA) is 84.7 Å². The summed E-state index contributed by atoms with van der Waals surface area (Å²) in [6.07, 6.45) is 7.28. The van der Waals surface area contributed by atoms with Crippen molar-refractivity contribution >= 4 is 39.2 Å². The number of carbonyl (C=O) groups excluding carboxylic acids is 2. The molecule has 2 aromatic heterocycles. The van der Waals surface area contributed by atoms with E-state index in [1.54, 1.807) is 38.0 Å². The van der Waals surface area contributed by atoms with E-state index in [1.807, 2.05) is 59.9 Å². The molecule has 1 atom stereocenters. The summed E-state index contributed by atoms with van der Waals surface area (Å²) in [5, 5.41) is 5.85. The van der Waals surface area contributed by atoms with E-state index in [0.717, 1.165) is 44.1 Å². The van der Waals surface area contributed by atoms with Crippen LogP contribution in [0, 0.1) is 5.82 Å². The molecule has 9 heteroatoms. The molecule has 45 heavy (non-hydrogen) atoms. The van der Waals surface area contributed by atoms with Gasteiger partial charge in [-0.15, -0.1) is 0 Å². The van der Waals surface area contributed by atoms with Crippen LogP contribution in [0.3, 0.4) is 0 Å². The van der Waals surface area contributed by atoms with Crippen LogP contribution in [0.1, 0.15) is 37.0 Å². The molecule has 0 spiro atoms. The van der Waals surface area contributed by atoms with Crippen molar-refractivity contribution < 1.29 is 18.7 Å². The summed E-state index contributed by atoms with van der Waals surface area (Å²) < 4.78 is 19.7. The number of amides is 2. The molecule has 6 rings (SSSR count). The fraction of sp³-hybridized carbons (Fsp3) is 0.278. The number of hydrogen-bond donors (Lipinski definition) is 2. The lowest BCUT2D eigenvalue weighted by Gasteiger charge is -2.43. The fourth-order valence-corrected chi connectivity index (χ4v) is 6.53. The van der Waals surface area contributed by atoms with Crippen molar-refractivity contribution in [2.24, 2.45) is 0 Å². The van der Waals surface area contributed by atoms with E-state index in [9.17, 15) is 14.0 Å². The summed E-state index contributed by atoms with van der Waals surface area (Å²) in [6.45, 7) is 4.95. The fourth-order valence-electron chi connectivity index (χ4n) is 6.53. The minimum absolute atomic E-state index is 0.0827. The predicted octanol–water partition coefficient (Wildman–Crippen LogP) is 6.31. The molecule has 0 unspecified atom stereocenters. The molecule has 2 amide bonds. The molecule has 5 aromatic rings. The lowest BCUT2D eigenvalue weighted by molar-refractivity contribution is -0.155. The van der Waals surface area contributed by atoms with Crippen molar-refractivity contribution in [2.45, 2.75) is 39.3 Å². The third-order valence-electron chi connectivity index (χ3n) is 8.71. The zero-order valence-corrected chi connectivity index (χ0v) is 25.8. The number of H-pyrrole nitrogens is 2. The predicted molar refractivity (Wildman–Crippen MR) is 175 cm³/mol. The van der Waals surface area contributed by atoms with Crippen molar-refractivity contribution in [2.75, 3.05) is 26.7 Å². The smallest absolute Gasteiger partial charge is 0.234 e. The highest BCUT2D eigenvalue weighted by Crippen LogP contribution is 2.31. The Hall–Kier alpha value is -4.89.